The summed E-state index contributed by atoms with van der Waals surface area (Å²) in [6, 6.07) is 11.6. The molecule has 136 valence electrons. The Morgan fingerprint density at radius 2 is 2.12 bits per heavy atom. The summed E-state index contributed by atoms with van der Waals surface area (Å²) in [5.41, 5.74) is 0. The van der Waals surface area contributed by atoms with Crippen LogP contribution in [0.2, 0.25) is 5.02 Å². The van der Waals surface area contributed by atoms with Gasteiger partial charge in [0.15, 0.2) is 0 Å². The van der Waals surface area contributed by atoms with E-state index in [1.807, 2.05) is 41.8 Å². The van der Waals surface area contributed by atoms with E-state index in [9.17, 15) is 4.79 Å². The van der Waals surface area contributed by atoms with Gasteiger partial charge in [-0.15, -0.1) is 23.1 Å². The summed E-state index contributed by atoms with van der Waals surface area (Å²) in [5, 5.41) is 6.65. The van der Waals surface area contributed by atoms with Crippen LogP contribution in [-0.2, 0) is 11.3 Å². The lowest BCUT2D eigenvalue weighted by atomic mass is 10.3. The predicted octanol–water partition coefficient (Wildman–Crippen LogP) is 4.98. The third kappa shape index (κ3) is 5.33. The van der Waals surface area contributed by atoms with E-state index in [2.05, 4.69) is 10.1 Å². The highest BCUT2D eigenvalue weighted by Gasteiger charge is 2.14. The maximum absolute atomic E-state index is 12.3. The number of amides is 1. The summed E-state index contributed by atoms with van der Waals surface area (Å²) in [5.74, 6) is 1.96. The largest absolute Gasteiger partial charge is 0.337 e. The molecule has 2 aromatic heterocycles. The van der Waals surface area contributed by atoms with E-state index in [1.165, 1.54) is 0 Å². The summed E-state index contributed by atoms with van der Waals surface area (Å²) in [4.78, 5) is 20.3. The van der Waals surface area contributed by atoms with Crippen molar-refractivity contribution in [2.75, 3.05) is 12.8 Å². The quantitative estimate of drug-likeness (QED) is 0.389. The number of aromatic nitrogens is 2. The molecule has 2 heterocycles. The molecule has 0 aliphatic rings. The molecule has 0 aliphatic carbocycles. The Labute approximate surface area is 165 Å². The second-order valence-corrected chi connectivity index (χ2v) is 8.20. The van der Waals surface area contributed by atoms with Crippen molar-refractivity contribution < 1.29 is 9.32 Å². The highest BCUT2D eigenvalue weighted by molar-refractivity contribution is 7.99. The van der Waals surface area contributed by atoms with Gasteiger partial charge >= 0.3 is 0 Å². The van der Waals surface area contributed by atoms with Crippen LogP contribution in [0.3, 0.4) is 0 Å². The summed E-state index contributed by atoms with van der Waals surface area (Å²) >= 11 is 9.14. The molecule has 0 N–H and O–H groups in total. The van der Waals surface area contributed by atoms with E-state index in [0.717, 1.165) is 27.0 Å². The van der Waals surface area contributed by atoms with Gasteiger partial charge in [0.05, 0.1) is 11.4 Å². The number of carbonyl (C=O) groups excluding carboxylic acids is 1. The zero-order valence-corrected chi connectivity index (χ0v) is 16.6. The van der Waals surface area contributed by atoms with E-state index in [4.69, 9.17) is 16.1 Å². The van der Waals surface area contributed by atoms with Crippen molar-refractivity contribution in [3.8, 4) is 10.7 Å². The molecule has 0 saturated heterocycles. The topological polar surface area (TPSA) is 59.2 Å². The Morgan fingerprint density at radius 3 is 2.85 bits per heavy atom. The number of halogens is 1. The Kier molecular flexibility index (Phi) is 6.71. The van der Waals surface area contributed by atoms with Gasteiger partial charge in [0, 0.05) is 23.4 Å². The maximum Gasteiger partial charge on any atom is 0.246 e. The zero-order valence-electron chi connectivity index (χ0n) is 14.2. The number of hydrogen-bond acceptors (Lipinski definition) is 6. The van der Waals surface area contributed by atoms with E-state index in [-0.39, 0.29) is 5.91 Å². The molecule has 26 heavy (non-hydrogen) atoms. The van der Waals surface area contributed by atoms with Gasteiger partial charge in [0.2, 0.25) is 17.6 Å². The van der Waals surface area contributed by atoms with Crippen molar-refractivity contribution in [2.45, 2.75) is 24.3 Å². The molecular weight excluding hydrogens is 390 g/mol. The van der Waals surface area contributed by atoms with Crippen LogP contribution in [0.5, 0.6) is 0 Å². The number of hydrogen-bond donors (Lipinski definition) is 0. The number of rotatable bonds is 8. The molecule has 0 bridgehead atoms. The molecule has 1 amide bonds. The molecule has 0 saturated carbocycles. The molecule has 5 nitrogen and oxygen atoms in total. The molecule has 1 aromatic carbocycles. The average molecular weight is 408 g/mol. The Bertz CT molecular complexity index is 835. The van der Waals surface area contributed by atoms with Crippen molar-refractivity contribution in [2.24, 2.45) is 0 Å². The van der Waals surface area contributed by atoms with E-state index in [1.54, 1.807) is 35.0 Å². The lowest BCUT2D eigenvalue weighted by Gasteiger charge is -2.14. The van der Waals surface area contributed by atoms with Gasteiger partial charge in [-0.3, -0.25) is 4.79 Å². The van der Waals surface area contributed by atoms with Gasteiger partial charge in [-0.2, -0.15) is 4.98 Å². The monoisotopic (exact) mass is 407 g/mol. The first-order valence-corrected chi connectivity index (χ1v) is 10.3. The number of benzene rings is 1. The Balaban J connectivity index is 1.41. The van der Waals surface area contributed by atoms with Gasteiger partial charge in [0.1, 0.15) is 0 Å². The summed E-state index contributed by atoms with van der Waals surface area (Å²) in [7, 11) is 1.75. The number of thioether (sulfide) groups is 1. The zero-order chi connectivity index (χ0) is 18.4. The van der Waals surface area contributed by atoms with E-state index in [0.29, 0.717) is 24.7 Å². The van der Waals surface area contributed by atoms with Crippen LogP contribution in [0.15, 0.2) is 51.2 Å². The van der Waals surface area contributed by atoms with Gasteiger partial charge in [-0.05, 0) is 47.9 Å². The normalized spacial score (nSPS) is 10.8. The number of carbonyl (C=O) groups is 1. The molecule has 8 heteroatoms. The maximum atomic E-state index is 12.3. The fourth-order valence-corrected chi connectivity index (χ4v) is 3.88. The molecule has 0 atom stereocenters. The number of nitrogens with zero attached hydrogens (tertiary/aromatic N) is 3. The van der Waals surface area contributed by atoms with Crippen LogP contribution in [-0.4, -0.2) is 33.7 Å². The highest BCUT2D eigenvalue weighted by atomic mass is 35.5. The third-order valence-corrected chi connectivity index (χ3v) is 5.84. The van der Waals surface area contributed by atoms with Crippen LogP contribution in [0.1, 0.15) is 18.7 Å². The van der Waals surface area contributed by atoms with Gasteiger partial charge in [0.25, 0.3) is 0 Å². The molecule has 0 fully saturated rings. The molecule has 0 aliphatic heterocycles. The van der Waals surface area contributed by atoms with Crippen molar-refractivity contribution in [1.29, 1.82) is 0 Å². The SMILES string of the molecule is CN(Cc1nc(-c2cccs2)no1)C(=O)CCCSc1ccc(Cl)cc1. The van der Waals surface area contributed by atoms with Crippen LogP contribution in [0.4, 0.5) is 0 Å². The Morgan fingerprint density at radius 1 is 1.31 bits per heavy atom. The summed E-state index contributed by atoms with van der Waals surface area (Å²) in [6.45, 7) is 0.321. The molecule has 3 rings (SSSR count). The summed E-state index contributed by atoms with van der Waals surface area (Å²) < 4.78 is 5.24. The molecule has 3 aromatic rings. The van der Waals surface area contributed by atoms with Gasteiger partial charge < -0.3 is 9.42 Å². The second kappa shape index (κ2) is 9.21. The molecule has 0 unspecified atom stereocenters. The summed E-state index contributed by atoms with van der Waals surface area (Å²) in [6.07, 6.45) is 1.30. The van der Waals surface area contributed by atoms with Gasteiger partial charge in [-0.1, -0.05) is 22.8 Å². The average Bonchev–Trinajstić information content (AvgIpc) is 3.31. The fraction of sp³-hybridized carbons (Fsp3) is 0.278. The molecule has 0 radical (unpaired) electrons. The second-order valence-electron chi connectivity index (χ2n) is 5.64. The standard InChI is InChI=1S/C18H18ClN3O2S2/c1-22(12-16-20-18(21-24-16)15-4-2-11-26-15)17(23)5-3-10-25-14-8-6-13(19)7-9-14/h2,4,6-9,11H,3,5,10,12H2,1H3. The lowest BCUT2D eigenvalue weighted by molar-refractivity contribution is -0.130. The minimum atomic E-state index is 0.0672. The van der Waals surface area contributed by atoms with Crippen LogP contribution in [0.25, 0.3) is 10.7 Å². The number of thiophene rings is 1. The van der Waals surface area contributed by atoms with Crippen molar-refractivity contribution in [1.82, 2.24) is 15.0 Å². The van der Waals surface area contributed by atoms with Crippen molar-refractivity contribution in [3.63, 3.8) is 0 Å². The minimum Gasteiger partial charge on any atom is -0.337 e. The van der Waals surface area contributed by atoms with Crippen molar-refractivity contribution >= 4 is 40.6 Å². The van der Waals surface area contributed by atoms with Crippen LogP contribution in [0, 0.1) is 0 Å². The molecule has 0 spiro atoms. The minimum absolute atomic E-state index is 0.0672. The van der Waals surface area contributed by atoms with E-state index < -0.39 is 0 Å². The Hall–Kier alpha value is -1.83. The van der Waals surface area contributed by atoms with Crippen LogP contribution >= 0.6 is 34.7 Å². The smallest absolute Gasteiger partial charge is 0.246 e. The third-order valence-electron chi connectivity index (χ3n) is 3.63. The predicted molar refractivity (Wildman–Crippen MR) is 105 cm³/mol. The van der Waals surface area contributed by atoms with Gasteiger partial charge in [-0.25, -0.2) is 0 Å². The lowest BCUT2D eigenvalue weighted by Crippen LogP contribution is -2.26. The van der Waals surface area contributed by atoms with E-state index >= 15 is 0 Å². The first-order chi connectivity index (χ1) is 12.6. The first-order valence-electron chi connectivity index (χ1n) is 8.10. The highest BCUT2D eigenvalue weighted by Crippen LogP contribution is 2.22. The fourth-order valence-electron chi connectivity index (χ4n) is 2.25. The molecular formula is C18H18ClN3O2S2. The first kappa shape index (κ1) is 18.9. The van der Waals surface area contributed by atoms with Crippen molar-refractivity contribution in [3.05, 3.63) is 52.7 Å². The van der Waals surface area contributed by atoms with Crippen LogP contribution < -0.4 is 0 Å².